The Morgan fingerprint density at radius 2 is 2.04 bits per heavy atom. The molecule has 0 aliphatic carbocycles. The molecule has 150 valence electrons. The van der Waals surface area contributed by atoms with E-state index in [1.165, 1.54) is 23.5 Å². The number of thiophene rings is 1. The van der Waals surface area contributed by atoms with Gasteiger partial charge >= 0.3 is 6.18 Å². The number of halogens is 3. The molecule has 0 saturated carbocycles. The molecule has 0 spiro atoms. The fraction of sp³-hybridized carbons (Fsp3) is 0.350. The van der Waals surface area contributed by atoms with Crippen LogP contribution in [-0.4, -0.2) is 22.4 Å². The van der Waals surface area contributed by atoms with E-state index in [0.717, 1.165) is 35.3 Å². The highest BCUT2D eigenvalue weighted by Gasteiger charge is 2.33. The predicted octanol–water partition coefficient (Wildman–Crippen LogP) is 5.02. The van der Waals surface area contributed by atoms with Crippen molar-refractivity contribution in [3.05, 3.63) is 59.1 Å². The number of benzene rings is 1. The summed E-state index contributed by atoms with van der Waals surface area (Å²) in [6.07, 6.45) is -1.42. The van der Waals surface area contributed by atoms with Crippen LogP contribution in [0.1, 0.15) is 24.5 Å². The summed E-state index contributed by atoms with van der Waals surface area (Å²) in [4.78, 5) is 0. The van der Waals surface area contributed by atoms with Crippen molar-refractivity contribution in [2.75, 3.05) is 11.9 Å². The topological polar surface area (TPSA) is 55.9 Å². The van der Waals surface area contributed by atoms with Crippen LogP contribution in [0.3, 0.4) is 0 Å². The fourth-order valence-corrected chi connectivity index (χ4v) is 4.02. The molecule has 3 aromatic rings. The van der Waals surface area contributed by atoms with Crippen LogP contribution >= 0.6 is 11.3 Å². The van der Waals surface area contributed by atoms with Crippen LogP contribution in [0.25, 0.3) is 11.3 Å². The SMILES string of the molecule is CCCn1nccc1-c1csc(N[C@H](CN)Cc2ccccc2C(F)(F)F)c1. The van der Waals surface area contributed by atoms with Gasteiger partial charge in [-0.25, -0.2) is 0 Å². The summed E-state index contributed by atoms with van der Waals surface area (Å²) >= 11 is 1.51. The summed E-state index contributed by atoms with van der Waals surface area (Å²) in [5.41, 5.74) is 7.54. The molecule has 8 heteroatoms. The normalized spacial score (nSPS) is 12.9. The molecule has 0 amide bonds. The van der Waals surface area contributed by atoms with Crippen molar-refractivity contribution >= 4 is 16.3 Å². The van der Waals surface area contributed by atoms with Crippen molar-refractivity contribution in [1.82, 2.24) is 9.78 Å². The third kappa shape index (κ3) is 4.74. The lowest BCUT2D eigenvalue weighted by molar-refractivity contribution is -0.138. The Hall–Kier alpha value is -2.32. The van der Waals surface area contributed by atoms with Crippen molar-refractivity contribution < 1.29 is 13.2 Å². The molecule has 0 aliphatic rings. The summed E-state index contributed by atoms with van der Waals surface area (Å²) in [5, 5.41) is 10.5. The molecule has 0 saturated heterocycles. The van der Waals surface area contributed by atoms with E-state index in [0.29, 0.717) is 0 Å². The predicted molar refractivity (Wildman–Crippen MR) is 107 cm³/mol. The minimum atomic E-state index is -4.37. The zero-order valence-electron chi connectivity index (χ0n) is 15.5. The van der Waals surface area contributed by atoms with Crippen molar-refractivity contribution in [3.63, 3.8) is 0 Å². The summed E-state index contributed by atoms with van der Waals surface area (Å²) < 4.78 is 41.6. The molecule has 3 N–H and O–H groups in total. The average molecular weight is 408 g/mol. The van der Waals surface area contributed by atoms with E-state index in [9.17, 15) is 13.2 Å². The molecule has 2 heterocycles. The third-order valence-corrected chi connectivity index (χ3v) is 5.33. The number of alkyl halides is 3. The number of nitrogens with two attached hydrogens (primary N) is 1. The maximum absolute atomic E-state index is 13.2. The van der Waals surface area contributed by atoms with Gasteiger partial charge in [0.2, 0.25) is 0 Å². The van der Waals surface area contributed by atoms with Crippen LogP contribution in [0.5, 0.6) is 0 Å². The maximum atomic E-state index is 13.2. The van der Waals surface area contributed by atoms with Crippen LogP contribution in [0.4, 0.5) is 18.2 Å². The van der Waals surface area contributed by atoms with Crippen molar-refractivity contribution in [2.45, 2.75) is 38.5 Å². The minimum absolute atomic E-state index is 0.202. The lowest BCUT2D eigenvalue weighted by Crippen LogP contribution is -2.31. The number of nitrogens with zero attached hydrogens (tertiary/aromatic N) is 2. The van der Waals surface area contributed by atoms with Crippen LogP contribution < -0.4 is 11.1 Å². The number of nitrogens with one attached hydrogen (secondary N) is 1. The Bertz CT molecular complexity index is 901. The molecule has 0 radical (unpaired) electrons. The van der Waals surface area contributed by atoms with Crippen LogP contribution in [-0.2, 0) is 19.1 Å². The van der Waals surface area contributed by atoms with Gasteiger partial charge in [0, 0.05) is 36.3 Å². The summed E-state index contributed by atoms with van der Waals surface area (Å²) in [6.45, 7) is 3.16. The first kappa shape index (κ1) is 20.4. The summed E-state index contributed by atoms with van der Waals surface area (Å²) in [7, 11) is 0. The van der Waals surface area contributed by atoms with E-state index in [4.69, 9.17) is 5.73 Å². The number of anilines is 1. The average Bonchev–Trinajstić information content (AvgIpc) is 3.30. The Balaban J connectivity index is 1.75. The number of hydrogen-bond donors (Lipinski definition) is 2. The molecule has 3 rings (SSSR count). The summed E-state index contributed by atoms with van der Waals surface area (Å²) in [6, 6.07) is 9.30. The second-order valence-corrected chi connectivity index (χ2v) is 7.49. The number of rotatable bonds is 8. The van der Waals surface area contributed by atoms with Crippen LogP contribution in [0, 0.1) is 0 Å². The molecular weight excluding hydrogens is 385 g/mol. The van der Waals surface area contributed by atoms with E-state index < -0.39 is 11.7 Å². The standard InChI is InChI=1S/C20H23F3N4S/c1-2-9-27-18(7-8-25-27)15-11-19(28-13-15)26-16(12-24)10-14-5-3-4-6-17(14)20(21,22)23/h3-8,11,13,16,26H,2,9-10,12,24H2,1H3/t16-/m0/s1. The van der Waals surface area contributed by atoms with E-state index in [2.05, 4.69) is 17.3 Å². The molecule has 0 fully saturated rings. The van der Waals surface area contributed by atoms with Gasteiger partial charge < -0.3 is 11.1 Å². The van der Waals surface area contributed by atoms with Gasteiger partial charge in [0.15, 0.2) is 0 Å². The van der Waals surface area contributed by atoms with Crippen molar-refractivity contribution in [3.8, 4) is 11.3 Å². The molecular formula is C20H23F3N4S. The van der Waals surface area contributed by atoms with Gasteiger partial charge in [0.1, 0.15) is 0 Å². The van der Waals surface area contributed by atoms with Crippen LogP contribution in [0.15, 0.2) is 48.0 Å². The first-order chi connectivity index (χ1) is 13.4. The number of hydrogen-bond acceptors (Lipinski definition) is 4. The summed E-state index contributed by atoms with van der Waals surface area (Å²) in [5.74, 6) is 0. The van der Waals surface area contributed by atoms with Gasteiger partial charge in [-0.2, -0.15) is 18.3 Å². The zero-order valence-corrected chi connectivity index (χ0v) is 16.4. The smallest absolute Gasteiger partial charge is 0.373 e. The molecule has 2 aromatic heterocycles. The van der Waals surface area contributed by atoms with E-state index in [1.807, 2.05) is 22.2 Å². The Morgan fingerprint density at radius 1 is 1.25 bits per heavy atom. The minimum Gasteiger partial charge on any atom is -0.373 e. The van der Waals surface area contributed by atoms with Gasteiger partial charge in [0.25, 0.3) is 0 Å². The highest BCUT2D eigenvalue weighted by Crippen LogP contribution is 2.33. The molecule has 28 heavy (non-hydrogen) atoms. The van der Waals surface area contributed by atoms with E-state index in [-0.39, 0.29) is 24.6 Å². The van der Waals surface area contributed by atoms with Gasteiger partial charge in [-0.05, 0) is 36.6 Å². The molecule has 1 atom stereocenters. The molecule has 0 bridgehead atoms. The molecule has 1 aromatic carbocycles. The van der Waals surface area contributed by atoms with Gasteiger partial charge in [0.05, 0.1) is 16.3 Å². The first-order valence-corrected chi connectivity index (χ1v) is 10.0. The van der Waals surface area contributed by atoms with E-state index in [1.54, 1.807) is 12.3 Å². The Labute approximate surface area is 166 Å². The van der Waals surface area contributed by atoms with Crippen molar-refractivity contribution in [2.24, 2.45) is 5.73 Å². The highest BCUT2D eigenvalue weighted by atomic mass is 32.1. The van der Waals surface area contributed by atoms with Crippen molar-refractivity contribution in [1.29, 1.82) is 0 Å². The molecule has 4 nitrogen and oxygen atoms in total. The maximum Gasteiger partial charge on any atom is 0.416 e. The zero-order chi connectivity index (χ0) is 20.1. The van der Waals surface area contributed by atoms with Crippen LogP contribution in [0.2, 0.25) is 0 Å². The second-order valence-electron chi connectivity index (χ2n) is 6.58. The largest absolute Gasteiger partial charge is 0.416 e. The lowest BCUT2D eigenvalue weighted by Gasteiger charge is -2.19. The Kier molecular flexibility index (Phi) is 6.41. The quantitative estimate of drug-likeness (QED) is 0.550. The Morgan fingerprint density at radius 3 is 2.75 bits per heavy atom. The lowest BCUT2D eigenvalue weighted by atomic mass is 10.00. The van der Waals surface area contributed by atoms with Gasteiger partial charge in [-0.3, -0.25) is 4.68 Å². The third-order valence-electron chi connectivity index (χ3n) is 4.47. The molecule has 0 aliphatic heterocycles. The van der Waals surface area contributed by atoms with E-state index >= 15 is 0 Å². The number of aromatic nitrogens is 2. The molecule has 0 unspecified atom stereocenters. The first-order valence-electron chi connectivity index (χ1n) is 9.14. The van der Waals surface area contributed by atoms with Gasteiger partial charge in [-0.15, -0.1) is 11.3 Å². The fourth-order valence-electron chi connectivity index (χ4n) is 3.15. The second kappa shape index (κ2) is 8.79. The highest BCUT2D eigenvalue weighted by molar-refractivity contribution is 7.14. The van der Waals surface area contributed by atoms with Gasteiger partial charge in [-0.1, -0.05) is 25.1 Å². The number of aryl methyl sites for hydroxylation is 1. The monoisotopic (exact) mass is 408 g/mol.